The number of nitro groups is 1. The van der Waals surface area contributed by atoms with Crippen LogP contribution in [0.5, 0.6) is 5.75 Å². The molecule has 10 heteroatoms. The van der Waals surface area contributed by atoms with Gasteiger partial charge in [0.1, 0.15) is 5.75 Å². The van der Waals surface area contributed by atoms with E-state index in [1.54, 1.807) is 0 Å². The predicted octanol–water partition coefficient (Wildman–Crippen LogP) is 1.65. The minimum Gasteiger partial charge on any atom is -0.481 e. The second-order valence-electron chi connectivity index (χ2n) is 5.07. The summed E-state index contributed by atoms with van der Waals surface area (Å²) in [4.78, 5) is 22.1. The number of sulfonamides is 1. The second kappa shape index (κ2) is 7.28. The number of amides is 1. The third-order valence-electron chi connectivity index (χ3n) is 3.18. The quantitative estimate of drug-likeness (QED) is 0.589. The number of nitrogens with two attached hydrogens (primary N) is 1. The molecular weight excluding hydrogens is 350 g/mol. The summed E-state index contributed by atoms with van der Waals surface area (Å²) in [5.41, 5.74) is 0.288. The van der Waals surface area contributed by atoms with Crippen molar-refractivity contribution < 1.29 is 22.9 Å². The number of nitrogens with zero attached hydrogens (tertiary/aromatic N) is 1. The predicted molar refractivity (Wildman–Crippen MR) is 89.6 cm³/mol. The van der Waals surface area contributed by atoms with Gasteiger partial charge in [-0.3, -0.25) is 14.9 Å². The van der Waals surface area contributed by atoms with Gasteiger partial charge < -0.3 is 10.1 Å². The van der Waals surface area contributed by atoms with E-state index in [4.69, 9.17) is 9.88 Å². The first-order valence-electron chi connectivity index (χ1n) is 7.01. The maximum atomic E-state index is 12.1. The highest BCUT2D eigenvalue weighted by molar-refractivity contribution is 7.89. The Labute approximate surface area is 143 Å². The fourth-order valence-corrected chi connectivity index (χ4v) is 2.39. The van der Waals surface area contributed by atoms with Gasteiger partial charge >= 0.3 is 0 Å². The van der Waals surface area contributed by atoms with Crippen molar-refractivity contribution in [3.63, 3.8) is 0 Å². The van der Waals surface area contributed by atoms with Crippen molar-refractivity contribution in [2.75, 3.05) is 5.32 Å². The molecule has 0 radical (unpaired) electrons. The molecule has 25 heavy (non-hydrogen) atoms. The Morgan fingerprint density at radius 1 is 1.16 bits per heavy atom. The second-order valence-corrected chi connectivity index (χ2v) is 6.63. The Kier molecular flexibility index (Phi) is 5.35. The molecule has 2 aromatic carbocycles. The molecule has 0 heterocycles. The van der Waals surface area contributed by atoms with Gasteiger partial charge in [0.05, 0.1) is 9.82 Å². The normalized spacial score (nSPS) is 12.2. The van der Waals surface area contributed by atoms with Crippen LogP contribution < -0.4 is 15.2 Å². The summed E-state index contributed by atoms with van der Waals surface area (Å²) in [7, 11) is -3.80. The number of carbonyl (C=O) groups is 1. The summed E-state index contributed by atoms with van der Waals surface area (Å²) in [5.74, 6) is -0.167. The number of nitro benzene ring substituents is 1. The van der Waals surface area contributed by atoms with E-state index in [0.29, 0.717) is 11.4 Å². The number of benzene rings is 2. The third-order valence-corrected chi connectivity index (χ3v) is 4.11. The summed E-state index contributed by atoms with van der Waals surface area (Å²) >= 11 is 0. The monoisotopic (exact) mass is 365 g/mol. The number of hydrogen-bond acceptors (Lipinski definition) is 6. The van der Waals surface area contributed by atoms with Gasteiger partial charge in [0.25, 0.3) is 11.6 Å². The van der Waals surface area contributed by atoms with Crippen molar-refractivity contribution >= 4 is 27.3 Å². The molecule has 0 spiro atoms. The van der Waals surface area contributed by atoms with Crippen LogP contribution in [-0.2, 0) is 14.8 Å². The first-order chi connectivity index (χ1) is 11.7. The molecule has 0 aromatic heterocycles. The van der Waals surface area contributed by atoms with Crippen molar-refractivity contribution in [3.05, 3.63) is 58.6 Å². The first-order valence-corrected chi connectivity index (χ1v) is 8.56. The zero-order chi connectivity index (χ0) is 18.6. The minimum absolute atomic E-state index is 0.0688. The molecule has 0 fully saturated rings. The highest BCUT2D eigenvalue weighted by Gasteiger charge is 2.16. The minimum atomic E-state index is -3.80. The molecule has 132 valence electrons. The van der Waals surface area contributed by atoms with E-state index in [9.17, 15) is 23.3 Å². The molecule has 0 saturated heterocycles. The Morgan fingerprint density at radius 3 is 2.20 bits per heavy atom. The van der Waals surface area contributed by atoms with Crippen LogP contribution in [0.1, 0.15) is 6.92 Å². The van der Waals surface area contributed by atoms with Crippen molar-refractivity contribution in [2.24, 2.45) is 5.14 Å². The van der Waals surface area contributed by atoms with Gasteiger partial charge in [-0.2, -0.15) is 0 Å². The Bertz CT molecular complexity index is 878. The van der Waals surface area contributed by atoms with E-state index in [1.807, 2.05) is 0 Å². The maximum absolute atomic E-state index is 12.1. The lowest BCUT2D eigenvalue weighted by Crippen LogP contribution is -2.30. The molecule has 0 aliphatic carbocycles. The van der Waals surface area contributed by atoms with E-state index in [1.165, 1.54) is 55.5 Å². The fraction of sp³-hybridized carbons (Fsp3) is 0.133. The van der Waals surface area contributed by atoms with Crippen molar-refractivity contribution in [1.82, 2.24) is 0 Å². The number of anilines is 1. The molecule has 0 saturated carbocycles. The van der Waals surface area contributed by atoms with Crippen LogP contribution in [-0.4, -0.2) is 25.4 Å². The number of non-ortho nitro benzene ring substituents is 1. The SMILES string of the molecule is CC(Oc1ccc([N+](=O)[O-])cc1)C(=O)Nc1ccc(S(N)(=O)=O)cc1. The summed E-state index contributed by atoms with van der Waals surface area (Å²) in [6, 6.07) is 10.7. The Balaban J connectivity index is 1.99. The molecule has 1 unspecified atom stereocenters. The van der Waals surface area contributed by atoms with Crippen molar-refractivity contribution in [1.29, 1.82) is 0 Å². The molecule has 1 atom stereocenters. The van der Waals surface area contributed by atoms with E-state index in [-0.39, 0.29) is 10.6 Å². The van der Waals surface area contributed by atoms with Gasteiger partial charge in [-0.25, -0.2) is 13.6 Å². The Hall–Kier alpha value is -2.98. The summed E-state index contributed by atoms with van der Waals surface area (Å²) in [6.45, 7) is 1.51. The highest BCUT2D eigenvalue weighted by Crippen LogP contribution is 2.19. The van der Waals surface area contributed by atoms with Crippen LogP contribution in [0.25, 0.3) is 0 Å². The molecule has 1 amide bonds. The zero-order valence-electron chi connectivity index (χ0n) is 13.1. The number of nitrogens with one attached hydrogen (secondary N) is 1. The van der Waals surface area contributed by atoms with E-state index in [2.05, 4.69) is 5.32 Å². The van der Waals surface area contributed by atoms with Gasteiger partial charge in [-0.15, -0.1) is 0 Å². The van der Waals surface area contributed by atoms with E-state index >= 15 is 0 Å². The van der Waals surface area contributed by atoms with Gasteiger partial charge in [0.2, 0.25) is 10.0 Å². The number of rotatable bonds is 6. The van der Waals surface area contributed by atoms with Crippen LogP contribution in [0.2, 0.25) is 0 Å². The zero-order valence-corrected chi connectivity index (χ0v) is 13.9. The van der Waals surface area contributed by atoms with Crippen LogP contribution in [0.3, 0.4) is 0 Å². The number of primary sulfonamides is 1. The van der Waals surface area contributed by atoms with Gasteiger partial charge in [-0.1, -0.05) is 0 Å². The van der Waals surface area contributed by atoms with E-state index < -0.39 is 27.0 Å². The number of hydrogen-bond donors (Lipinski definition) is 2. The van der Waals surface area contributed by atoms with Gasteiger partial charge in [0, 0.05) is 17.8 Å². The third kappa shape index (κ3) is 4.99. The van der Waals surface area contributed by atoms with Crippen LogP contribution in [0.4, 0.5) is 11.4 Å². The van der Waals surface area contributed by atoms with Crippen molar-refractivity contribution in [2.45, 2.75) is 17.9 Å². The van der Waals surface area contributed by atoms with E-state index in [0.717, 1.165) is 0 Å². The average molecular weight is 365 g/mol. The highest BCUT2D eigenvalue weighted by atomic mass is 32.2. The molecular formula is C15H15N3O6S. The maximum Gasteiger partial charge on any atom is 0.269 e. The largest absolute Gasteiger partial charge is 0.481 e. The smallest absolute Gasteiger partial charge is 0.269 e. The molecule has 0 bridgehead atoms. The van der Waals surface area contributed by atoms with Crippen LogP contribution >= 0.6 is 0 Å². The molecule has 2 rings (SSSR count). The van der Waals surface area contributed by atoms with Gasteiger partial charge in [-0.05, 0) is 43.3 Å². The lowest BCUT2D eigenvalue weighted by atomic mass is 10.3. The van der Waals surface area contributed by atoms with Crippen LogP contribution in [0, 0.1) is 10.1 Å². The molecule has 3 N–H and O–H groups in total. The molecule has 9 nitrogen and oxygen atoms in total. The topological polar surface area (TPSA) is 142 Å². The fourth-order valence-electron chi connectivity index (χ4n) is 1.88. The standard InChI is InChI=1S/C15H15N3O6S/c1-10(24-13-6-4-12(5-7-13)18(20)21)15(19)17-11-2-8-14(9-3-11)25(16,22)23/h2-10H,1H3,(H,17,19)(H2,16,22,23). The number of ether oxygens (including phenoxy) is 1. The summed E-state index contributed by atoms with van der Waals surface area (Å²) in [5, 5.41) is 18.1. The lowest BCUT2D eigenvalue weighted by Gasteiger charge is -2.14. The first kappa shape index (κ1) is 18.4. The van der Waals surface area contributed by atoms with Crippen molar-refractivity contribution in [3.8, 4) is 5.75 Å². The summed E-state index contributed by atoms with van der Waals surface area (Å²) < 4.78 is 27.8. The Morgan fingerprint density at radius 2 is 1.72 bits per heavy atom. The molecule has 2 aromatic rings. The lowest BCUT2D eigenvalue weighted by molar-refractivity contribution is -0.384. The summed E-state index contributed by atoms with van der Waals surface area (Å²) in [6.07, 6.45) is -0.876. The number of carbonyl (C=O) groups excluding carboxylic acids is 1. The molecule has 0 aliphatic rings. The average Bonchev–Trinajstić information content (AvgIpc) is 2.55. The van der Waals surface area contributed by atoms with Gasteiger partial charge in [0.15, 0.2) is 6.10 Å². The molecule has 0 aliphatic heterocycles. The van der Waals surface area contributed by atoms with Crippen LogP contribution in [0.15, 0.2) is 53.4 Å².